The number of hydrogen-bond donors (Lipinski definition) is 1. The van der Waals surface area contributed by atoms with Crippen LogP contribution in [0.2, 0.25) is 0 Å². The summed E-state index contributed by atoms with van der Waals surface area (Å²) in [4.78, 5) is 28.5. The molecule has 0 unspecified atom stereocenters. The van der Waals surface area contributed by atoms with Crippen LogP contribution < -0.4 is 11.3 Å². The predicted octanol–water partition coefficient (Wildman–Crippen LogP) is 3.60. The van der Waals surface area contributed by atoms with Crippen LogP contribution in [-0.2, 0) is 11.2 Å². The monoisotopic (exact) mass is 422 g/mol. The molecule has 0 spiro atoms. The van der Waals surface area contributed by atoms with E-state index >= 15 is 0 Å². The average Bonchev–Trinajstić information content (AvgIpc) is 3.31. The van der Waals surface area contributed by atoms with Gasteiger partial charge in [-0.25, -0.2) is 4.68 Å². The van der Waals surface area contributed by atoms with Gasteiger partial charge < -0.3 is 10.6 Å². The van der Waals surface area contributed by atoms with Crippen LogP contribution in [0.15, 0.2) is 58.7 Å². The van der Waals surface area contributed by atoms with Crippen molar-refractivity contribution in [2.75, 3.05) is 18.8 Å². The lowest BCUT2D eigenvalue weighted by Gasteiger charge is -2.33. The molecule has 156 valence electrons. The minimum atomic E-state index is -0.689. The molecule has 1 amide bonds. The summed E-state index contributed by atoms with van der Waals surface area (Å²) in [6.45, 7) is 3.13. The molecule has 0 bridgehead atoms. The number of carbonyl (C=O) groups excluding carboxylic acids is 1. The van der Waals surface area contributed by atoms with Gasteiger partial charge in [0, 0.05) is 13.1 Å². The molecule has 30 heavy (non-hydrogen) atoms. The first-order chi connectivity index (χ1) is 14.5. The van der Waals surface area contributed by atoms with Gasteiger partial charge in [-0.3, -0.25) is 9.59 Å². The Morgan fingerprint density at radius 2 is 1.93 bits per heavy atom. The zero-order valence-corrected chi connectivity index (χ0v) is 17.8. The van der Waals surface area contributed by atoms with E-state index in [9.17, 15) is 9.59 Å². The van der Waals surface area contributed by atoms with Gasteiger partial charge in [-0.2, -0.15) is 5.10 Å². The third-order valence-corrected chi connectivity index (χ3v) is 6.65. The van der Waals surface area contributed by atoms with E-state index in [-0.39, 0.29) is 11.6 Å². The first kappa shape index (κ1) is 20.3. The van der Waals surface area contributed by atoms with Crippen LogP contribution in [0.5, 0.6) is 0 Å². The van der Waals surface area contributed by atoms with E-state index in [1.54, 1.807) is 13.0 Å². The average molecular weight is 423 g/mol. The molecule has 6 nitrogen and oxygen atoms in total. The second-order valence-corrected chi connectivity index (χ2v) is 8.79. The number of nitrogens with zero attached hydrogens (tertiary/aromatic N) is 3. The number of likely N-dealkylation sites (tertiary alicyclic amines) is 1. The number of anilines is 1. The Morgan fingerprint density at radius 3 is 2.60 bits per heavy atom. The van der Waals surface area contributed by atoms with Gasteiger partial charge in [-0.15, -0.1) is 11.3 Å². The highest BCUT2D eigenvalue weighted by Crippen LogP contribution is 2.25. The van der Waals surface area contributed by atoms with Gasteiger partial charge in [0.1, 0.15) is 17.4 Å². The minimum Gasteiger partial charge on any atom is -0.394 e. The van der Waals surface area contributed by atoms with Crippen molar-refractivity contribution in [1.29, 1.82) is 0 Å². The smallest absolute Gasteiger partial charge is 0.290 e. The maximum Gasteiger partial charge on any atom is 0.290 e. The van der Waals surface area contributed by atoms with Gasteiger partial charge in [0.2, 0.25) is 5.91 Å². The van der Waals surface area contributed by atoms with E-state index < -0.39 is 11.6 Å². The minimum absolute atomic E-state index is 0.0782. The van der Waals surface area contributed by atoms with Crippen LogP contribution in [0.3, 0.4) is 0 Å². The van der Waals surface area contributed by atoms with Gasteiger partial charge in [0.15, 0.2) is 0 Å². The number of piperidine rings is 1. The highest BCUT2D eigenvalue weighted by Gasteiger charge is 2.28. The molecule has 2 N–H and O–H groups in total. The van der Waals surface area contributed by atoms with Crippen molar-refractivity contribution in [2.45, 2.75) is 32.2 Å². The lowest BCUT2D eigenvalue weighted by molar-refractivity contribution is -0.136. The summed E-state index contributed by atoms with van der Waals surface area (Å²) in [6.07, 6.45) is 2.97. The zero-order valence-electron chi connectivity index (χ0n) is 17.0. The SMILES string of the molecule is C[C@H](C(=O)N1CCC(Cc2ccccc2)CC1)n1nc(-c2cccs2)cc(N)c1=O. The second-order valence-electron chi connectivity index (χ2n) is 7.85. The lowest BCUT2D eigenvalue weighted by atomic mass is 9.90. The molecule has 0 saturated carbocycles. The number of carbonyl (C=O) groups is 1. The third kappa shape index (κ3) is 4.31. The second kappa shape index (κ2) is 8.83. The Balaban J connectivity index is 1.45. The predicted molar refractivity (Wildman–Crippen MR) is 120 cm³/mol. The molecule has 7 heteroatoms. The molecule has 3 heterocycles. The van der Waals surface area contributed by atoms with Crippen LogP contribution in [0.4, 0.5) is 5.69 Å². The summed E-state index contributed by atoms with van der Waals surface area (Å²) >= 11 is 1.52. The maximum atomic E-state index is 13.1. The van der Waals surface area contributed by atoms with Crippen molar-refractivity contribution in [3.63, 3.8) is 0 Å². The number of nitrogens with two attached hydrogens (primary N) is 1. The summed E-state index contributed by atoms with van der Waals surface area (Å²) in [5.74, 6) is 0.496. The van der Waals surface area contributed by atoms with Crippen LogP contribution in [-0.4, -0.2) is 33.7 Å². The van der Waals surface area contributed by atoms with E-state index in [4.69, 9.17) is 5.73 Å². The Labute approximate surface area is 180 Å². The molecule has 0 aliphatic carbocycles. The molecule has 1 aromatic carbocycles. The molecule has 1 fully saturated rings. The molecule has 0 radical (unpaired) electrons. The highest BCUT2D eigenvalue weighted by molar-refractivity contribution is 7.13. The summed E-state index contributed by atoms with van der Waals surface area (Å²) in [5.41, 5.74) is 7.58. The summed E-state index contributed by atoms with van der Waals surface area (Å²) < 4.78 is 1.24. The molecule has 4 rings (SSSR count). The quantitative estimate of drug-likeness (QED) is 0.681. The Hall–Kier alpha value is -2.93. The number of aromatic nitrogens is 2. The Kier molecular flexibility index (Phi) is 5.99. The number of hydrogen-bond acceptors (Lipinski definition) is 5. The number of thiophene rings is 1. The highest BCUT2D eigenvalue weighted by atomic mass is 32.1. The summed E-state index contributed by atoms with van der Waals surface area (Å²) in [5, 5.41) is 6.39. The summed E-state index contributed by atoms with van der Waals surface area (Å²) in [6, 6.07) is 15.2. The van der Waals surface area contributed by atoms with Crippen molar-refractivity contribution in [2.24, 2.45) is 5.92 Å². The molecular formula is C23H26N4O2S. The zero-order chi connectivity index (χ0) is 21.1. The van der Waals surface area contributed by atoms with Crippen LogP contribution >= 0.6 is 11.3 Å². The number of rotatable bonds is 5. The largest absolute Gasteiger partial charge is 0.394 e. The first-order valence-electron chi connectivity index (χ1n) is 10.3. The first-order valence-corrected chi connectivity index (χ1v) is 11.2. The van der Waals surface area contributed by atoms with Gasteiger partial charge >= 0.3 is 0 Å². The van der Waals surface area contributed by atoms with E-state index in [0.717, 1.165) is 24.1 Å². The normalized spacial score (nSPS) is 15.8. The maximum absolute atomic E-state index is 13.1. The number of benzene rings is 1. The van der Waals surface area contributed by atoms with Gasteiger partial charge in [0.25, 0.3) is 5.56 Å². The Bertz CT molecular complexity index is 1050. The van der Waals surface area contributed by atoms with Crippen LogP contribution in [0.25, 0.3) is 10.6 Å². The van der Waals surface area contributed by atoms with E-state index in [1.165, 1.54) is 21.6 Å². The molecule has 1 saturated heterocycles. The van der Waals surface area contributed by atoms with Crippen molar-refractivity contribution in [3.05, 3.63) is 69.8 Å². The van der Waals surface area contributed by atoms with Crippen LogP contribution in [0.1, 0.15) is 31.4 Å². The van der Waals surface area contributed by atoms with E-state index in [0.29, 0.717) is 24.7 Å². The van der Waals surface area contributed by atoms with E-state index in [2.05, 4.69) is 29.4 Å². The van der Waals surface area contributed by atoms with Gasteiger partial charge in [0.05, 0.1) is 4.88 Å². The van der Waals surface area contributed by atoms with Crippen molar-refractivity contribution >= 4 is 22.9 Å². The molecule has 1 atom stereocenters. The van der Waals surface area contributed by atoms with Crippen LogP contribution in [0, 0.1) is 5.92 Å². The number of amides is 1. The van der Waals surface area contributed by atoms with Gasteiger partial charge in [-0.05, 0) is 55.2 Å². The molecule has 1 aliphatic heterocycles. The van der Waals surface area contributed by atoms with E-state index in [1.807, 2.05) is 28.5 Å². The lowest BCUT2D eigenvalue weighted by Crippen LogP contribution is -2.44. The molecule has 1 aliphatic rings. The fourth-order valence-corrected chi connectivity index (χ4v) is 4.69. The topological polar surface area (TPSA) is 81.2 Å². The Morgan fingerprint density at radius 1 is 1.20 bits per heavy atom. The standard InChI is InChI=1S/C23H26N4O2S/c1-16(27-23(29)19(24)15-20(25-27)21-8-5-13-30-21)22(28)26-11-9-18(10-12-26)14-17-6-3-2-4-7-17/h2-8,13,15-16,18H,9-12,14,24H2,1H3/t16-/m1/s1. The van der Waals surface area contributed by atoms with Crippen molar-refractivity contribution < 1.29 is 4.79 Å². The fraction of sp³-hybridized carbons (Fsp3) is 0.348. The third-order valence-electron chi connectivity index (χ3n) is 5.75. The molecule has 3 aromatic rings. The summed E-state index contributed by atoms with van der Waals surface area (Å²) in [7, 11) is 0. The fourth-order valence-electron chi connectivity index (χ4n) is 4.01. The van der Waals surface area contributed by atoms with Gasteiger partial charge in [-0.1, -0.05) is 36.4 Å². The van der Waals surface area contributed by atoms with Crippen molar-refractivity contribution in [1.82, 2.24) is 14.7 Å². The molecular weight excluding hydrogens is 396 g/mol. The van der Waals surface area contributed by atoms with Crippen molar-refractivity contribution in [3.8, 4) is 10.6 Å². The number of nitrogen functional groups attached to an aromatic ring is 1. The molecule has 2 aromatic heterocycles.